The molecule has 12 aromatic rings. The minimum absolute atomic E-state index is 1.21. The lowest BCUT2D eigenvalue weighted by atomic mass is 9.82. The normalized spacial score (nSPS) is 11.7. The predicted octanol–water partition coefficient (Wildman–Crippen LogP) is 16.9. The van der Waals surface area contributed by atoms with E-state index in [-0.39, 0.29) is 0 Å². The van der Waals surface area contributed by atoms with Gasteiger partial charge in [0, 0.05) is 0 Å². The third-order valence-corrected chi connectivity index (χ3v) is 12.6. The Morgan fingerprint density at radius 3 is 1.15 bits per heavy atom. The molecule has 0 heterocycles. The number of rotatable bonds is 5. The minimum Gasteiger partial charge on any atom is -0.0622 e. The van der Waals surface area contributed by atoms with Crippen molar-refractivity contribution < 1.29 is 0 Å². The molecule has 0 aromatic heterocycles. The topological polar surface area (TPSA) is 0 Å². The Kier molecular flexibility index (Phi) is 7.96. The van der Waals surface area contributed by atoms with Crippen molar-refractivity contribution in [3.05, 3.63) is 231 Å². The van der Waals surface area contributed by atoms with Crippen molar-refractivity contribution in [1.29, 1.82) is 0 Å². The summed E-state index contributed by atoms with van der Waals surface area (Å²) in [7, 11) is 0. The van der Waals surface area contributed by atoms with Gasteiger partial charge in [-0.1, -0.05) is 188 Å². The van der Waals surface area contributed by atoms with Gasteiger partial charge in [0.25, 0.3) is 0 Å². The van der Waals surface area contributed by atoms with Gasteiger partial charge in [0.15, 0.2) is 0 Å². The van der Waals surface area contributed by atoms with Gasteiger partial charge < -0.3 is 0 Å². The summed E-state index contributed by atoms with van der Waals surface area (Å²) < 4.78 is 0. The highest BCUT2D eigenvalue weighted by Gasteiger charge is 2.20. The Balaban J connectivity index is 1.19. The molecule has 12 rings (SSSR count). The second kappa shape index (κ2) is 13.9. The van der Waals surface area contributed by atoms with Crippen LogP contribution in [-0.4, -0.2) is 0 Å². The average Bonchev–Trinajstić information content (AvgIpc) is 3.32. The fraction of sp³-hybridized carbons (Fsp3) is 0. The minimum atomic E-state index is 1.21. The molecular formula is C60H38. The quantitative estimate of drug-likeness (QED) is 0.121. The molecule has 0 aliphatic carbocycles. The van der Waals surface area contributed by atoms with Crippen LogP contribution in [0.25, 0.3) is 120 Å². The van der Waals surface area contributed by atoms with E-state index in [0.29, 0.717) is 0 Å². The van der Waals surface area contributed by atoms with Crippen LogP contribution in [0.2, 0.25) is 0 Å². The smallest absolute Gasteiger partial charge is 0.00259 e. The summed E-state index contributed by atoms with van der Waals surface area (Å²) in [5.74, 6) is 0. The lowest BCUT2D eigenvalue weighted by Gasteiger charge is -2.21. The van der Waals surface area contributed by atoms with Gasteiger partial charge in [-0.15, -0.1) is 0 Å². The Morgan fingerprint density at radius 1 is 0.167 bits per heavy atom. The molecule has 0 unspecified atom stereocenters. The molecule has 0 amide bonds. The second-order valence-corrected chi connectivity index (χ2v) is 16.0. The highest BCUT2D eigenvalue weighted by Crippen LogP contribution is 2.48. The Bertz CT molecular complexity index is 3650. The van der Waals surface area contributed by atoms with Crippen molar-refractivity contribution >= 4 is 64.6 Å². The third-order valence-electron chi connectivity index (χ3n) is 12.6. The first-order valence-corrected chi connectivity index (χ1v) is 20.8. The van der Waals surface area contributed by atoms with Gasteiger partial charge in [-0.25, -0.2) is 0 Å². The highest BCUT2D eigenvalue weighted by atomic mass is 14.2. The van der Waals surface area contributed by atoms with Crippen molar-refractivity contribution in [2.45, 2.75) is 0 Å². The van der Waals surface area contributed by atoms with Gasteiger partial charge in [-0.05, 0) is 163 Å². The first-order valence-electron chi connectivity index (χ1n) is 20.8. The number of benzene rings is 12. The van der Waals surface area contributed by atoms with Crippen LogP contribution in [0.5, 0.6) is 0 Å². The molecule has 0 radical (unpaired) electrons. The summed E-state index contributed by atoms with van der Waals surface area (Å²) in [5, 5.41) is 15.0. The Morgan fingerprint density at radius 2 is 0.583 bits per heavy atom. The van der Waals surface area contributed by atoms with E-state index in [1.54, 1.807) is 0 Å². The van der Waals surface area contributed by atoms with Gasteiger partial charge in [-0.3, -0.25) is 0 Å². The van der Waals surface area contributed by atoms with Crippen LogP contribution in [-0.2, 0) is 0 Å². The molecular weight excluding hydrogens is 721 g/mol. The molecule has 0 heteroatoms. The van der Waals surface area contributed by atoms with E-state index < -0.39 is 0 Å². The standard InChI is InChI=1S/C60H38/c1-2-16-41(17-3-1)54-36-48-20-8-9-25-51(48)55-37-57-58(38-56(54)55)60(50-24-13-22-45(35-50)47-31-29-40-15-5-7-19-43(40)33-47)53-27-11-10-26-52(53)59(57)49-23-12-21-44(34-49)46-30-28-39-14-4-6-18-42(39)32-46/h1-38H. The summed E-state index contributed by atoms with van der Waals surface area (Å²) in [6.07, 6.45) is 0. The van der Waals surface area contributed by atoms with Crippen LogP contribution in [0.1, 0.15) is 0 Å². The van der Waals surface area contributed by atoms with Gasteiger partial charge in [-0.2, -0.15) is 0 Å². The van der Waals surface area contributed by atoms with E-state index >= 15 is 0 Å². The zero-order valence-electron chi connectivity index (χ0n) is 32.9. The Labute approximate surface area is 349 Å². The van der Waals surface area contributed by atoms with Crippen molar-refractivity contribution in [1.82, 2.24) is 0 Å². The molecule has 0 N–H and O–H groups in total. The van der Waals surface area contributed by atoms with Crippen molar-refractivity contribution in [3.63, 3.8) is 0 Å². The predicted molar refractivity (Wildman–Crippen MR) is 259 cm³/mol. The van der Waals surface area contributed by atoms with Crippen molar-refractivity contribution in [2.24, 2.45) is 0 Å². The van der Waals surface area contributed by atoms with Crippen LogP contribution in [0.3, 0.4) is 0 Å². The van der Waals surface area contributed by atoms with E-state index in [1.165, 1.54) is 120 Å². The zero-order chi connectivity index (χ0) is 39.6. The third kappa shape index (κ3) is 5.69. The summed E-state index contributed by atoms with van der Waals surface area (Å²) in [5.41, 5.74) is 12.2. The first kappa shape index (κ1) is 34.3. The fourth-order valence-corrected chi connectivity index (χ4v) is 9.69. The maximum Gasteiger partial charge on any atom is -0.00259 e. The molecule has 12 aromatic carbocycles. The molecule has 0 saturated carbocycles. The zero-order valence-corrected chi connectivity index (χ0v) is 32.9. The number of hydrogen-bond donors (Lipinski definition) is 0. The molecule has 0 saturated heterocycles. The summed E-state index contributed by atoms with van der Waals surface area (Å²) in [6.45, 7) is 0. The molecule has 278 valence electrons. The molecule has 0 nitrogen and oxygen atoms in total. The van der Waals surface area contributed by atoms with E-state index in [0.717, 1.165) is 0 Å². The fourth-order valence-electron chi connectivity index (χ4n) is 9.69. The average molecular weight is 759 g/mol. The summed E-state index contributed by atoms with van der Waals surface area (Å²) in [6, 6.07) is 85.4. The van der Waals surface area contributed by atoms with Crippen LogP contribution in [0.4, 0.5) is 0 Å². The molecule has 60 heavy (non-hydrogen) atoms. The van der Waals surface area contributed by atoms with Crippen molar-refractivity contribution in [2.75, 3.05) is 0 Å². The van der Waals surface area contributed by atoms with Crippen LogP contribution in [0, 0.1) is 0 Å². The van der Waals surface area contributed by atoms with E-state index in [1.807, 2.05) is 0 Å². The molecule has 0 aliphatic rings. The summed E-state index contributed by atoms with van der Waals surface area (Å²) in [4.78, 5) is 0. The highest BCUT2D eigenvalue weighted by molar-refractivity contribution is 6.27. The molecule has 0 spiro atoms. The SMILES string of the molecule is c1ccc(-c2cc3ccccc3c3cc4c(-c5cccc(-c6ccc7ccccc7c6)c5)c5ccccc5c(-c5cccc(-c6ccc7ccccc7c6)c5)c4cc23)cc1. The maximum absolute atomic E-state index is 2.50. The van der Waals surface area contributed by atoms with Crippen molar-refractivity contribution in [3.8, 4) is 55.6 Å². The summed E-state index contributed by atoms with van der Waals surface area (Å²) >= 11 is 0. The first-order chi connectivity index (χ1) is 29.7. The lowest BCUT2D eigenvalue weighted by molar-refractivity contribution is 1.62. The molecule has 0 atom stereocenters. The van der Waals surface area contributed by atoms with E-state index in [2.05, 4.69) is 231 Å². The van der Waals surface area contributed by atoms with Gasteiger partial charge >= 0.3 is 0 Å². The van der Waals surface area contributed by atoms with Crippen LogP contribution in [0.15, 0.2) is 231 Å². The monoisotopic (exact) mass is 758 g/mol. The molecule has 0 bridgehead atoms. The van der Waals surface area contributed by atoms with Gasteiger partial charge in [0.05, 0.1) is 0 Å². The van der Waals surface area contributed by atoms with Crippen LogP contribution < -0.4 is 0 Å². The van der Waals surface area contributed by atoms with Crippen LogP contribution >= 0.6 is 0 Å². The number of hydrogen-bond acceptors (Lipinski definition) is 0. The second-order valence-electron chi connectivity index (χ2n) is 16.0. The molecule has 0 aliphatic heterocycles. The molecule has 0 fully saturated rings. The van der Waals surface area contributed by atoms with E-state index in [9.17, 15) is 0 Å². The maximum atomic E-state index is 2.50. The van der Waals surface area contributed by atoms with Gasteiger partial charge in [0.1, 0.15) is 0 Å². The Hall–Kier alpha value is -7.80. The van der Waals surface area contributed by atoms with Gasteiger partial charge in [0.2, 0.25) is 0 Å². The van der Waals surface area contributed by atoms with E-state index in [4.69, 9.17) is 0 Å². The lowest BCUT2D eigenvalue weighted by Crippen LogP contribution is -1.93. The number of fused-ring (bicyclic) bond motifs is 7. The largest absolute Gasteiger partial charge is 0.0622 e.